The Labute approximate surface area is 148 Å². The lowest BCUT2D eigenvalue weighted by Gasteiger charge is -2.04. The van der Waals surface area contributed by atoms with Gasteiger partial charge in [0, 0.05) is 22.9 Å². The number of rotatable bonds is 5. The fourth-order valence-corrected chi connectivity index (χ4v) is 2.76. The van der Waals surface area contributed by atoms with E-state index < -0.39 is 29.5 Å². The summed E-state index contributed by atoms with van der Waals surface area (Å²) in [5.41, 5.74) is -0.206. The molecule has 0 aliphatic carbocycles. The van der Waals surface area contributed by atoms with Gasteiger partial charge in [-0.05, 0) is 24.3 Å². The number of benzene rings is 1. The molecule has 0 atom stereocenters. The van der Waals surface area contributed by atoms with Crippen LogP contribution in [0.25, 0.3) is 11.4 Å². The van der Waals surface area contributed by atoms with Crippen LogP contribution in [0, 0.1) is 5.82 Å². The molecular weight excluding hydrogens is 374 g/mol. The van der Waals surface area contributed by atoms with Crippen molar-refractivity contribution in [2.45, 2.75) is 11.1 Å². The van der Waals surface area contributed by atoms with Crippen LogP contribution in [-0.4, -0.2) is 26.7 Å². The van der Waals surface area contributed by atoms with Gasteiger partial charge in [-0.3, -0.25) is 9.78 Å². The number of pyridine rings is 1. The highest BCUT2D eigenvalue weighted by Crippen LogP contribution is 2.30. The van der Waals surface area contributed by atoms with Gasteiger partial charge in [0.2, 0.25) is 5.82 Å². The molecule has 5 nitrogen and oxygen atoms in total. The summed E-state index contributed by atoms with van der Waals surface area (Å²) in [5, 5.41) is 3.18. The molecular formula is C16H9F4N3O2S. The zero-order chi connectivity index (χ0) is 18.7. The van der Waals surface area contributed by atoms with Crippen LogP contribution in [-0.2, 0) is 6.18 Å². The lowest BCUT2D eigenvalue weighted by molar-refractivity contribution is -0.159. The molecule has 0 spiro atoms. The van der Waals surface area contributed by atoms with Crippen molar-refractivity contribution in [3.63, 3.8) is 0 Å². The highest BCUT2D eigenvalue weighted by atomic mass is 32.2. The predicted molar refractivity (Wildman–Crippen MR) is 84.0 cm³/mol. The van der Waals surface area contributed by atoms with Gasteiger partial charge in [-0.15, -0.1) is 11.8 Å². The number of Topliss-reactive ketones (excluding diaryl/α,β-unsaturated/α-hetero) is 1. The monoisotopic (exact) mass is 383 g/mol. The molecule has 0 fully saturated rings. The number of aromatic nitrogens is 3. The first-order valence-corrected chi connectivity index (χ1v) is 8.10. The molecule has 0 amide bonds. The summed E-state index contributed by atoms with van der Waals surface area (Å²) in [6.07, 6.45) is -1.62. The first-order valence-electron chi connectivity index (χ1n) is 7.11. The molecule has 0 unspecified atom stereocenters. The summed E-state index contributed by atoms with van der Waals surface area (Å²) in [7, 11) is 0. The van der Waals surface area contributed by atoms with Crippen LogP contribution in [0.3, 0.4) is 0 Å². The molecule has 3 rings (SSSR count). The van der Waals surface area contributed by atoms with Gasteiger partial charge in [-0.25, -0.2) is 4.39 Å². The van der Waals surface area contributed by atoms with Crippen LogP contribution in [0.5, 0.6) is 0 Å². The Morgan fingerprint density at radius 3 is 2.65 bits per heavy atom. The second-order valence-corrected chi connectivity index (χ2v) is 6.06. The summed E-state index contributed by atoms with van der Waals surface area (Å²) in [6, 6.07) is 6.81. The van der Waals surface area contributed by atoms with Crippen LogP contribution >= 0.6 is 11.8 Å². The van der Waals surface area contributed by atoms with E-state index in [-0.39, 0.29) is 16.9 Å². The minimum atomic E-state index is -4.79. The number of nitrogens with zero attached hydrogens (tertiary/aromatic N) is 3. The molecule has 3 aromatic rings. The van der Waals surface area contributed by atoms with Crippen molar-refractivity contribution in [2.24, 2.45) is 0 Å². The van der Waals surface area contributed by atoms with Crippen LogP contribution in [0.15, 0.2) is 52.1 Å². The first kappa shape index (κ1) is 18.1. The van der Waals surface area contributed by atoms with E-state index in [1.807, 2.05) is 0 Å². The quantitative estimate of drug-likeness (QED) is 0.372. The third-order valence-corrected chi connectivity index (χ3v) is 4.18. The third kappa shape index (κ3) is 4.07. The predicted octanol–water partition coefficient (Wildman–Crippen LogP) is 4.26. The van der Waals surface area contributed by atoms with Gasteiger partial charge in [0.05, 0.1) is 11.3 Å². The van der Waals surface area contributed by atoms with Crippen LogP contribution < -0.4 is 0 Å². The van der Waals surface area contributed by atoms with Crippen molar-refractivity contribution in [3.8, 4) is 11.4 Å². The summed E-state index contributed by atoms with van der Waals surface area (Å²) in [4.78, 5) is 20.0. The van der Waals surface area contributed by atoms with Crippen molar-refractivity contribution < 1.29 is 26.9 Å². The molecule has 0 radical (unpaired) electrons. The standard InChI is InChI=1S/C16H9F4N3O2S/c17-12-6-9(14-22-15(25-23-14)16(18,19)20)3-4-11(12)13(24)8-26-10-2-1-5-21-7-10/h1-7H,8H2. The van der Waals surface area contributed by atoms with Crippen LogP contribution in [0.1, 0.15) is 16.2 Å². The SMILES string of the molecule is O=C(CSc1cccnc1)c1ccc(-c2noc(C(F)(F)F)n2)cc1F. The van der Waals surface area contributed by atoms with E-state index in [4.69, 9.17) is 0 Å². The maximum atomic E-state index is 14.2. The van der Waals surface area contributed by atoms with E-state index in [1.165, 1.54) is 23.9 Å². The zero-order valence-corrected chi connectivity index (χ0v) is 13.6. The van der Waals surface area contributed by atoms with E-state index in [2.05, 4.69) is 19.6 Å². The fraction of sp³-hybridized carbons (Fsp3) is 0.125. The summed E-state index contributed by atoms with van der Waals surface area (Å²) >= 11 is 1.20. The third-order valence-electron chi connectivity index (χ3n) is 3.20. The highest BCUT2D eigenvalue weighted by molar-refractivity contribution is 8.00. The molecule has 1 aromatic carbocycles. The Morgan fingerprint density at radius 1 is 1.23 bits per heavy atom. The number of ketones is 1. The summed E-state index contributed by atoms with van der Waals surface area (Å²) in [6.45, 7) is 0. The molecule has 0 saturated carbocycles. The maximum absolute atomic E-state index is 14.2. The number of thioether (sulfide) groups is 1. The second kappa shape index (κ2) is 7.24. The topological polar surface area (TPSA) is 68.9 Å². The average molecular weight is 383 g/mol. The van der Waals surface area contributed by atoms with Gasteiger partial charge in [-0.2, -0.15) is 18.2 Å². The van der Waals surface area contributed by atoms with Gasteiger partial charge in [0.25, 0.3) is 0 Å². The normalized spacial score (nSPS) is 11.5. The lowest BCUT2D eigenvalue weighted by Crippen LogP contribution is -2.06. The Bertz CT molecular complexity index is 929. The summed E-state index contributed by atoms with van der Waals surface area (Å²) in [5.74, 6) is -3.30. The number of halogens is 4. The zero-order valence-electron chi connectivity index (χ0n) is 12.8. The molecule has 0 aliphatic rings. The van der Waals surface area contributed by atoms with Gasteiger partial charge < -0.3 is 4.52 Å². The largest absolute Gasteiger partial charge is 0.471 e. The molecule has 10 heteroatoms. The molecule has 2 heterocycles. The van der Waals surface area contributed by atoms with Crippen molar-refractivity contribution in [3.05, 3.63) is 60.0 Å². The Kier molecular flexibility index (Phi) is 5.03. The molecule has 0 saturated heterocycles. The molecule has 0 aliphatic heterocycles. The van der Waals surface area contributed by atoms with Gasteiger partial charge in [0.1, 0.15) is 5.82 Å². The maximum Gasteiger partial charge on any atom is 0.471 e. The van der Waals surface area contributed by atoms with Crippen molar-refractivity contribution in [1.82, 2.24) is 15.1 Å². The van der Waals surface area contributed by atoms with Gasteiger partial charge in [-0.1, -0.05) is 11.2 Å². The average Bonchev–Trinajstić information content (AvgIpc) is 3.11. The Hall–Kier alpha value is -2.75. The van der Waals surface area contributed by atoms with E-state index in [0.29, 0.717) is 0 Å². The lowest BCUT2D eigenvalue weighted by atomic mass is 10.1. The Balaban J connectivity index is 1.75. The smallest absolute Gasteiger partial charge is 0.329 e. The number of carbonyl (C=O) groups is 1. The number of hydrogen-bond donors (Lipinski definition) is 0. The van der Waals surface area contributed by atoms with E-state index in [1.54, 1.807) is 24.5 Å². The highest BCUT2D eigenvalue weighted by Gasteiger charge is 2.38. The summed E-state index contributed by atoms with van der Waals surface area (Å²) < 4.78 is 55.7. The number of carbonyl (C=O) groups excluding carboxylic acids is 1. The van der Waals surface area contributed by atoms with E-state index in [0.717, 1.165) is 11.0 Å². The van der Waals surface area contributed by atoms with Gasteiger partial charge >= 0.3 is 12.1 Å². The molecule has 134 valence electrons. The number of hydrogen-bond acceptors (Lipinski definition) is 6. The van der Waals surface area contributed by atoms with Crippen LogP contribution in [0.2, 0.25) is 0 Å². The molecule has 26 heavy (non-hydrogen) atoms. The molecule has 0 bridgehead atoms. The van der Waals surface area contributed by atoms with Gasteiger partial charge in [0.15, 0.2) is 5.78 Å². The fourth-order valence-electron chi connectivity index (χ4n) is 2.00. The van der Waals surface area contributed by atoms with Crippen molar-refractivity contribution in [1.29, 1.82) is 0 Å². The molecule has 0 N–H and O–H groups in total. The first-order chi connectivity index (χ1) is 12.3. The second-order valence-electron chi connectivity index (χ2n) is 5.02. The van der Waals surface area contributed by atoms with E-state index in [9.17, 15) is 22.4 Å². The van der Waals surface area contributed by atoms with Crippen molar-refractivity contribution in [2.75, 3.05) is 5.75 Å². The molecule has 2 aromatic heterocycles. The Morgan fingerprint density at radius 2 is 2.04 bits per heavy atom. The number of alkyl halides is 3. The van der Waals surface area contributed by atoms with E-state index >= 15 is 0 Å². The minimum absolute atomic E-state index is 0.0115. The van der Waals surface area contributed by atoms with Crippen molar-refractivity contribution >= 4 is 17.5 Å². The van der Waals surface area contributed by atoms with Crippen LogP contribution in [0.4, 0.5) is 17.6 Å². The minimum Gasteiger partial charge on any atom is -0.329 e.